The number of nitrogens with one attached hydrogen (secondary N) is 3. The molecule has 10 nitrogen and oxygen atoms in total. The van der Waals surface area contributed by atoms with Crippen LogP contribution in [-0.2, 0) is 14.3 Å². The molecule has 4 heterocycles. The largest absolute Gasteiger partial charge is 0.467 e. The van der Waals surface area contributed by atoms with Gasteiger partial charge in [-0.1, -0.05) is 23.1 Å². The molecule has 4 rings (SSSR count). The summed E-state index contributed by atoms with van der Waals surface area (Å²) in [5.41, 5.74) is 0.766. The highest BCUT2D eigenvalue weighted by atomic mass is 32.2. The fourth-order valence-electron chi connectivity index (χ4n) is 3.33. The smallest absolute Gasteiger partial charge is 0.338 e. The Morgan fingerprint density at radius 2 is 2.35 bits per heavy atom. The molecule has 2 atom stereocenters. The topological polar surface area (TPSA) is 128 Å². The summed E-state index contributed by atoms with van der Waals surface area (Å²) in [5, 5.41) is 17.7. The second-order valence-electron chi connectivity index (χ2n) is 6.84. The molecule has 2 aromatic rings. The molecule has 2 amide bonds. The van der Waals surface area contributed by atoms with Crippen molar-refractivity contribution in [1.82, 2.24) is 20.8 Å². The van der Waals surface area contributed by atoms with Gasteiger partial charge in [0.1, 0.15) is 11.8 Å². The van der Waals surface area contributed by atoms with Crippen molar-refractivity contribution in [3.63, 3.8) is 0 Å². The Bertz CT molecular complexity index is 939. The van der Waals surface area contributed by atoms with E-state index in [0.29, 0.717) is 38.8 Å². The Labute approximate surface area is 187 Å². The number of thioether (sulfide) groups is 1. The van der Waals surface area contributed by atoms with E-state index in [9.17, 15) is 9.59 Å². The lowest BCUT2D eigenvalue weighted by atomic mass is 10.0. The first-order chi connectivity index (χ1) is 15.1. The third-order valence-electron chi connectivity index (χ3n) is 4.73. The van der Waals surface area contributed by atoms with Crippen LogP contribution in [0.2, 0.25) is 0 Å². The van der Waals surface area contributed by atoms with Crippen molar-refractivity contribution in [2.45, 2.75) is 36.3 Å². The van der Waals surface area contributed by atoms with Gasteiger partial charge in [-0.2, -0.15) is 0 Å². The minimum atomic E-state index is -0.726. The van der Waals surface area contributed by atoms with E-state index in [1.54, 1.807) is 19.1 Å². The number of hydrogen-bond acceptors (Lipinski definition) is 10. The maximum absolute atomic E-state index is 12.7. The van der Waals surface area contributed by atoms with Gasteiger partial charge in [0.05, 0.1) is 24.5 Å². The van der Waals surface area contributed by atoms with Crippen LogP contribution >= 0.6 is 23.1 Å². The summed E-state index contributed by atoms with van der Waals surface area (Å²) < 4.78 is 17.0. The zero-order valence-corrected chi connectivity index (χ0v) is 18.5. The van der Waals surface area contributed by atoms with Crippen molar-refractivity contribution >= 4 is 40.2 Å². The number of esters is 1. The Balaban J connectivity index is 1.47. The summed E-state index contributed by atoms with van der Waals surface area (Å²) in [4.78, 5) is 24.9. The minimum Gasteiger partial charge on any atom is -0.467 e. The lowest BCUT2D eigenvalue weighted by Gasteiger charge is -2.27. The van der Waals surface area contributed by atoms with Gasteiger partial charge in [-0.25, -0.2) is 9.59 Å². The predicted octanol–water partition coefficient (Wildman–Crippen LogP) is 2.69. The fourth-order valence-corrected chi connectivity index (χ4v) is 5.06. The molecule has 2 aliphatic heterocycles. The zero-order valence-electron chi connectivity index (χ0n) is 16.9. The minimum absolute atomic E-state index is 0.209. The maximum atomic E-state index is 12.7. The molecule has 0 spiro atoms. The molecule has 2 aliphatic rings. The molecule has 0 saturated carbocycles. The van der Waals surface area contributed by atoms with Crippen LogP contribution < -0.4 is 16.0 Å². The standard InChI is InChI=1S/C19H23N5O5S2/c1-2-27-16(25)14-12(21-17(26)22-15(14)13-6-4-8-29-13)10-30-19-24-23-18(31-19)20-9-11-5-3-7-28-11/h4,6,8,11,15H,2-3,5,7,9-10H2,1H3,(H,20,23)(H2,21,22,26). The second kappa shape index (κ2) is 10.2. The summed E-state index contributed by atoms with van der Waals surface area (Å²) in [7, 11) is 0. The molecular weight excluding hydrogens is 442 g/mol. The number of rotatable bonds is 9. The van der Waals surface area contributed by atoms with Crippen molar-refractivity contribution in [2.24, 2.45) is 0 Å². The third kappa shape index (κ3) is 5.38. The van der Waals surface area contributed by atoms with E-state index in [-0.39, 0.29) is 12.7 Å². The average molecular weight is 466 g/mol. The molecule has 2 aromatic heterocycles. The Kier molecular flexibility index (Phi) is 7.10. The molecule has 3 N–H and O–H groups in total. The van der Waals surface area contributed by atoms with E-state index in [2.05, 4.69) is 26.1 Å². The molecule has 1 fully saturated rings. The summed E-state index contributed by atoms with van der Waals surface area (Å²) in [6, 6.07) is 2.27. The summed E-state index contributed by atoms with van der Waals surface area (Å²) in [6.45, 7) is 3.46. The summed E-state index contributed by atoms with van der Waals surface area (Å²) >= 11 is 2.79. The van der Waals surface area contributed by atoms with Crippen molar-refractivity contribution < 1.29 is 23.5 Å². The predicted molar refractivity (Wildman–Crippen MR) is 115 cm³/mol. The van der Waals surface area contributed by atoms with Crippen LogP contribution in [0.5, 0.6) is 0 Å². The molecule has 1 saturated heterocycles. The quantitative estimate of drug-likeness (QED) is 0.378. The van der Waals surface area contributed by atoms with Crippen LogP contribution in [0.4, 0.5) is 9.93 Å². The molecular formula is C19H23N5O5S2. The highest BCUT2D eigenvalue weighted by Crippen LogP contribution is 2.32. The van der Waals surface area contributed by atoms with E-state index in [1.807, 2.05) is 0 Å². The van der Waals surface area contributed by atoms with Gasteiger partial charge in [0.15, 0.2) is 4.34 Å². The molecule has 0 bridgehead atoms. The first-order valence-electron chi connectivity index (χ1n) is 9.97. The second-order valence-corrected chi connectivity index (χ2v) is 9.04. The van der Waals surface area contributed by atoms with Gasteiger partial charge in [0.2, 0.25) is 5.13 Å². The van der Waals surface area contributed by atoms with Gasteiger partial charge in [-0.05, 0) is 31.9 Å². The number of ether oxygens (including phenoxy) is 2. The Morgan fingerprint density at radius 1 is 1.45 bits per heavy atom. The summed E-state index contributed by atoms with van der Waals surface area (Å²) in [5.74, 6) is 0.263. The molecule has 2 unspecified atom stereocenters. The van der Waals surface area contributed by atoms with Crippen molar-refractivity contribution in [2.75, 3.05) is 30.8 Å². The van der Waals surface area contributed by atoms with Crippen LogP contribution in [0.15, 0.2) is 38.4 Å². The number of anilines is 1. The van der Waals surface area contributed by atoms with Gasteiger partial charge in [0, 0.05) is 24.6 Å². The highest BCUT2D eigenvalue weighted by Gasteiger charge is 2.35. The number of carbonyl (C=O) groups excluding carboxylic acids is 2. The van der Waals surface area contributed by atoms with Crippen molar-refractivity contribution in [3.05, 3.63) is 35.4 Å². The summed E-state index contributed by atoms with van der Waals surface area (Å²) in [6.07, 6.45) is 3.83. The van der Waals surface area contributed by atoms with Crippen molar-refractivity contribution in [3.8, 4) is 0 Å². The van der Waals surface area contributed by atoms with Gasteiger partial charge >= 0.3 is 12.0 Å². The number of nitrogens with zero attached hydrogens (tertiary/aromatic N) is 2. The van der Waals surface area contributed by atoms with Crippen LogP contribution in [-0.4, -0.2) is 53.8 Å². The lowest BCUT2D eigenvalue weighted by Crippen LogP contribution is -2.46. The zero-order chi connectivity index (χ0) is 21.6. The normalized spacial score (nSPS) is 21.0. The van der Waals surface area contributed by atoms with E-state index in [4.69, 9.17) is 13.9 Å². The number of hydrogen-bond donors (Lipinski definition) is 3. The van der Waals surface area contributed by atoms with Gasteiger partial charge in [-0.3, -0.25) is 0 Å². The molecule has 31 heavy (non-hydrogen) atoms. The number of urea groups is 1. The number of furan rings is 1. The van der Waals surface area contributed by atoms with E-state index in [1.165, 1.54) is 29.4 Å². The van der Waals surface area contributed by atoms with Crippen LogP contribution in [0, 0.1) is 0 Å². The van der Waals surface area contributed by atoms with Crippen LogP contribution in [0.25, 0.3) is 0 Å². The number of amides is 2. The molecule has 12 heteroatoms. The average Bonchev–Trinajstić information content (AvgIpc) is 3.53. The third-order valence-corrected chi connectivity index (χ3v) is 6.77. The maximum Gasteiger partial charge on any atom is 0.338 e. The lowest BCUT2D eigenvalue weighted by molar-refractivity contribution is -0.139. The molecule has 0 radical (unpaired) electrons. The van der Waals surface area contributed by atoms with Crippen LogP contribution in [0.3, 0.4) is 0 Å². The van der Waals surface area contributed by atoms with E-state index >= 15 is 0 Å². The Morgan fingerprint density at radius 3 is 3.10 bits per heavy atom. The monoisotopic (exact) mass is 465 g/mol. The van der Waals surface area contributed by atoms with Crippen molar-refractivity contribution in [1.29, 1.82) is 0 Å². The first-order valence-corrected chi connectivity index (χ1v) is 11.8. The molecule has 0 aliphatic carbocycles. The van der Waals surface area contributed by atoms with Gasteiger partial charge in [0.25, 0.3) is 0 Å². The molecule has 0 aromatic carbocycles. The number of aromatic nitrogens is 2. The SMILES string of the molecule is CCOC(=O)C1=C(CSc2nnc(NCC3CCCO3)s2)NC(=O)NC1c1ccco1. The number of carbonyl (C=O) groups is 2. The first kappa shape index (κ1) is 21.7. The Hall–Kier alpha value is -2.57. The van der Waals surface area contributed by atoms with E-state index in [0.717, 1.165) is 19.4 Å². The van der Waals surface area contributed by atoms with Gasteiger partial charge in [-0.15, -0.1) is 10.2 Å². The highest BCUT2D eigenvalue weighted by molar-refractivity contribution is 8.01. The van der Waals surface area contributed by atoms with E-state index < -0.39 is 18.0 Å². The molecule has 166 valence electrons. The van der Waals surface area contributed by atoms with Gasteiger partial charge < -0.3 is 29.8 Å². The van der Waals surface area contributed by atoms with Crippen LogP contribution in [0.1, 0.15) is 31.6 Å². The fraction of sp³-hybridized carbons (Fsp3) is 0.474.